The van der Waals surface area contributed by atoms with E-state index < -0.39 is 47.7 Å². The highest BCUT2D eigenvalue weighted by atomic mass is 19.4. The zero-order chi connectivity index (χ0) is 29.2. The summed E-state index contributed by atoms with van der Waals surface area (Å²) in [7, 11) is 3.75. The van der Waals surface area contributed by atoms with E-state index in [9.17, 15) is 30.7 Å². The molecule has 40 heavy (non-hydrogen) atoms. The molecule has 0 aliphatic carbocycles. The lowest BCUT2D eigenvalue weighted by Crippen LogP contribution is -2.46. The largest absolute Gasteiger partial charge is 0.416 e. The smallest absolute Gasteiger partial charge is 0.349 e. The van der Waals surface area contributed by atoms with Crippen molar-refractivity contribution in [1.82, 2.24) is 25.2 Å². The van der Waals surface area contributed by atoms with E-state index in [-0.39, 0.29) is 24.8 Å². The van der Waals surface area contributed by atoms with E-state index in [4.69, 9.17) is 9.47 Å². The Morgan fingerprint density at radius 3 is 2.17 bits per heavy atom. The summed E-state index contributed by atoms with van der Waals surface area (Å²) in [6.07, 6.45) is -12.3. The number of benzene rings is 2. The molecule has 1 unspecified atom stereocenters. The van der Waals surface area contributed by atoms with E-state index >= 15 is 0 Å². The van der Waals surface area contributed by atoms with Crippen molar-refractivity contribution >= 4 is 0 Å². The van der Waals surface area contributed by atoms with Crippen molar-refractivity contribution in [2.75, 3.05) is 27.2 Å². The number of hydrogen-bond acceptors (Lipinski definition) is 6. The number of aromatic amines is 1. The molecule has 0 bridgehead atoms. The molecule has 2 heterocycles. The molecule has 3 atom stereocenters. The van der Waals surface area contributed by atoms with Gasteiger partial charge in [0.1, 0.15) is 17.2 Å². The van der Waals surface area contributed by atoms with Gasteiger partial charge in [-0.25, -0.2) is 4.39 Å². The van der Waals surface area contributed by atoms with Gasteiger partial charge in [-0.2, -0.15) is 41.8 Å². The molecule has 1 fully saturated rings. The van der Waals surface area contributed by atoms with E-state index in [2.05, 4.69) is 15.4 Å². The number of rotatable bonds is 8. The van der Waals surface area contributed by atoms with Crippen molar-refractivity contribution in [1.29, 1.82) is 0 Å². The molecule has 1 N–H and O–H groups in total. The third-order valence-electron chi connectivity index (χ3n) is 6.46. The molecular formula is C26H28F7N5O2. The summed E-state index contributed by atoms with van der Waals surface area (Å²) in [5, 5.41) is 11.0. The van der Waals surface area contributed by atoms with Gasteiger partial charge in [0.2, 0.25) is 0 Å². The maximum atomic E-state index is 13.7. The van der Waals surface area contributed by atoms with Crippen LogP contribution in [0.4, 0.5) is 30.7 Å². The van der Waals surface area contributed by atoms with Gasteiger partial charge in [-0.1, -0.05) is 12.1 Å². The number of hydrogen-bond donors (Lipinski definition) is 1. The number of nitrogens with one attached hydrogen (secondary N) is 1. The topological polar surface area (TPSA) is 66.5 Å². The number of H-pyrrole nitrogens is 1. The quantitative estimate of drug-likeness (QED) is 0.347. The molecule has 4 rings (SSSR count). The van der Waals surface area contributed by atoms with Gasteiger partial charge in [-0.3, -0.25) is 4.90 Å². The first-order valence-electron chi connectivity index (χ1n) is 12.3. The molecule has 218 valence electrons. The first-order chi connectivity index (χ1) is 18.7. The van der Waals surface area contributed by atoms with Gasteiger partial charge in [0, 0.05) is 19.6 Å². The Bertz CT molecular complexity index is 1250. The standard InChI is InChI=1S/C26H28F7N5O2/c1-15(17-10-18(25(28,29)30)12-19(11-17)26(31,32)33)40-24-23(16-4-6-20(27)7-5-16)38(8-9-39-24)14-22-21(13-37(2)3)34-36-35-22/h4-7,10-12,15,23-24H,8-9,13-14H2,1-3H3,(H,34,35,36)/t15?,23-,24+/m0/s1. The SMILES string of the molecule is CC(O[C@H]1OCCN(Cc2n[nH]nc2CN(C)C)[C@H]1c1ccc(F)cc1)c1cc(C(F)(F)F)cc(C(F)(F)F)c1. The zero-order valence-corrected chi connectivity index (χ0v) is 21.9. The maximum Gasteiger partial charge on any atom is 0.416 e. The van der Waals surface area contributed by atoms with Crippen LogP contribution in [0.25, 0.3) is 0 Å². The number of nitrogens with zero attached hydrogens (tertiary/aromatic N) is 4. The van der Waals surface area contributed by atoms with Gasteiger partial charge >= 0.3 is 12.4 Å². The van der Waals surface area contributed by atoms with Crippen LogP contribution in [0.15, 0.2) is 42.5 Å². The van der Waals surface area contributed by atoms with Gasteiger partial charge in [0.05, 0.1) is 29.9 Å². The predicted molar refractivity (Wildman–Crippen MR) is 129 cm³/mol. The van der Waals surface area contributed by atoms with E-state index in [1.54, 1.807) is 0 Å². The number of alkyl halides is 6. The summed E-state index contributed by atoms with van der Waals surface area (Å²) < 4.78 is 106. The van der Waals surface area contributed by atoms with Crippen LogP contribution >= 0.6 is 0 Å². The summed E-state index contributed by atoms with van der Waals surface area (Å²) in [5.74, 6) is -0.480. The van der Waals surface area contributed by atoms with Crippen LogP contribution in [-0.2, 0) is 34.9 Å². The molecule has 0 saturated carbocycles. The van der Waals surface area contributed by atoms with E-state index in [0.29, 0.717) is 42.2 Å². The molecule has 3 aromatic rings. The van der Waals surface area contributed by atoms with Crippen molar-refractivity contribution in [3.8, 4) is 0 Å². The lowest BCUT2D eigenvalue weighted by atomic mass is 10.0. The lowest BCUT2D eigenvalue weighted by Gasteiger charge is -2.42. The van der Waals surface area contributed by atoms with Gasteiger partial charge in [-0.05, 0) is 62.5 Å². The normalized spacial score (nSPS) is 19.8. The molecule has 1 saturated heterocycles. The Balaban J connectivity index is 1.66. The molecule has 0 amide bonds. The van der Waals surface area contributed by atoms with Crippen LogP contribution < -0.4 is 0 Å². The highest BCUT2D eigenvalue weighted by Gasteiger charge is 2.39. The molecule has 1 aliphatic heterocycles. The Morgan fingerprint density at radius 2 is 1.60 bits per heavy atom. The number of halogens is 7. The van der Waals surface area contributed by atoms with Crippen LogP contribution in [0.3, 0.4) is 0 Å². The monoisotopic (exact) mass is 575 g/mol. The fourth-order valence-electron chi connectivity index (χ4n) is 4.52. The molecule has 14 heteroatoms. The third-order valence-corrected chi connectivity index (χ3v) is 6.46. The molecule has 1 aromatic heterocycles. The van der Waals surface area contributed by atoms with E-state index in [1.807, 2.05) is 23.9 Å². The molecule has 0 spiro atoms. The maximum absolute atomic E-state index is 13.7. The number of aromatic nitrogens is 3. The first kappa shape index (κ1) is 29.9. The Hall–Kier alpha value is -3.07. The Labute approximate surface area is 225 Å². The van der Waals surface area contributed by atoms with Gasteiger partial charge in [-0.15, -0.1) is 0 Å². The summed E-state index contributed by atoms with van der Waals surface area (Å²) >= 11 is 0. The van der Waals surface area contributed by atoms with Gasteiger partial charge in [0.15, 0.2) is 6.29 Å². The van der Waals surface area contributed by atoms with Gasteiger partial charge in [0.25, 0.3) is 0 Å². The fraction of sp³-hybridized carbons (Fsp3) is 0.462. The van der Waals surface area contributed by atoms with Crippen LogP contribution in [-0.4, -0.2) is 58.7 Å². The minimum absolute atomic E-state index is 0.0691. The van der Waals surface area contributed by atoms with Crippen LogP contribution in [0, 0.1) is 5.82 Å². The second kappa shape index (κ2) is 11.8. The molecule has 1 aliphatic rings. The highest BCUT2D eigenvalue weighted by molar-refractivity contribution is 5.35. The zero-order valence-electron chi connectivity index (χ0n) is 21.9. The predicted octanol–water partition coefficient (Wildman–Crippen LogP) is 5.72. The molecule has 0 radical (unpaired) electrons. The highest BCUT2D eigenvalue weighted by Crippen LogP contribution is 2.40. The third kappa shape index (κ3) is 7.16. The molecule has 2 aromatic carbocycles. The number of ether oxygens (including phenoxy) is 2. The fourth-order valence-corrected chi connectivity index (χ4v) is 4.52. The average Bonchev–Trinajstić information content (AvgIpc) is 3.29. The van der Waals surface area contributed by atoms with Crippen molar-refractivity contribution in [3.05, 3.63) is 81.9 Å². The summed E-state index contributed by atoms with van der Waals surface area (Å²) in [5.41, 5.74) is -1.27. The van der Waals surface area contributed by atoms with Crippen molar-refractivity contribution in [2.45, 2.75) is 50.8 Å². The van der Waals surface area contributed by atoms with Crippen molar-refractivity contribution < 1.29 is 40.2 Å². The van der Waals surface area contributed by atoms with Crippen LogP contribution in [0.2, 0.25) is 0 Å². The Kier molecular flexibility index (Phi) is 8.83. The lowest BCUT2D eigenvalue weighted by molar-refractivity contribution is -0.231. The first-order valence-corrected chi connectivity index (χ1v) is 12.3. The molecular weight excluding hydrogens is 547 g/mol. The van der Waals surface area contributed by atoms with Crippen LogP contribution in [0.1, 0.15) is 52.7 Å². The second-order valence-corrected chi connectivity index (χ2v) is 9.78. The summed E-state index contributed by atoms with van der Waals surface area (Å²) in [6.45, 7) is 2.69. The average molecular weight is 576 g/mol. The summed E-state index contributed by atoms with van der Waals surface area (Å²) in [6, 6.07) is 6.20. The van der Waals surface area contributed by atoms with E-state index in [1.165, 1.54) is 31.2 Å². The molecule has 7 nitrogen and oxygen atoms in total. The number of morpholine rings is 1. The van der Waals surface area contributed by atoms with Crippen molar-refractivity contribution in [2.24, 2.45) is 0 Å². The minimum atomic E-state index is -4.99. The van der Waals surface area contributed by atoms with Gasteiger partial charge < -0.3 is 14.4 Å². The summed E-state index contributed by atoms with van der Waals surface area (Å²) in [4.78, 5) is 3.86. The van der Waals surface area contributed by atoms with Crippen molar-refractivity contribution in [3.63, 3.8) is 0 Å². The van der Waals surface area contributed by atoms with Crippen LogP contribution in [0.5, 0.6) is 0 Å². The Morgan fingerprint density at radius 1 is 1.00 bits per heavy atom. The second-order valence-electron chi connectivity index (χ2n) is 9.78. The van der Waals surface area contributed by atoms with E-state index in [0.717, 1.165) is 0 Å². The minimum Gasteiger partial charge on any atom is -0.349 e.